The molecule has 4 rings (SSSR count). The number of piperidine rings is 1. The van der Waals surface area contributed by atoms with Crippen LogP contribution in [0.2, 0.25) is 5.02 Å². The maximum absolute atomic E-state index is 11.8. The third kappa shape index (κ3) is 3.84. The van der Waals surface area contributed by atoms with E-state index in [2.05, 4.69) is 44.1 Å². The van der Waals surface area contributed by atoms with Gasteiger partial charge in [0.25, 0.3) is 0 Å². The number of aromatic amines is 1. The fourth-order valence-electron chi connectivity index (χ4n) is 4.52. The molecule has 1 aromatic carbocycles. The highest BCUT2D eigenvalue weighted by Gasteiger charge is 2.46. The lowest BCUT2D eigenvalue weighted by Gasteiger charge is -2.51. The van der Waals surface area contributed by atoms with E-state index in [1.807, 2.05) is 25.1 Å². The summed E-state index contributed by atoms with van der Waals surface area (Å²) in [5.74, 6) is 0. The van der Waals surface area contributed by atoms with Crippen LogP contribution in [0.1, 0.15) is 23.4 Å². The predicted octanol–water partition coefficient (Wildman–Crippen LogP) is 2.08. The highest BCUT2D eigenvalue weighted by Crippen LogP contribution is 2.37. The van der Waals surface area contributed by atoms with Crippen molar-refractivity contribution in [3.05, 3.63) is 52.3 Å². The minimum Gasteiger partial charge on any atom is -0.383 e. The van der Waals surface area contributed by atoms with Gasteiger partial charge in [0.1, 0.15) is 5.60 Å². The van der Waals surface area contributed by atoms with E-state index in [0.29, 0.717) is 13.0 Å². The lowest BCUT2D eigenvalue weighted by atomic mass is 9.79. The van der Waals surface area contributed by atoms with Crippen molar-refractivity contribution in [2.75, 3.05) is 46.3 Å². The second kappa shape index (κ2) is 8.13. The number of nitrogens with one attached hydrogen (secondary N) is 1. The molecule has 0 spiro atoms. The SMILES string of the molecule is Cc1[nH]nc(CN2CC[C@](O)(c3ccccc3)[C@H](N3CCN(C)CC3)C2)c1Cl. The molecule has 1 aromatic heterocycles. The number of aliphatic hydroxyl groups is 1. The number of rotatable bonds is 4. The van der Waals surface area contributed by atoms with Crippen molar-refractivity contribution in [2.24, 2.45) is 0 Å². The average molecular weight is 404 g/mol. The zero-order chi connectivity index (χ0) is 19.7. The number of likely N-dealkylation sites (tertiary alicyclic amines) is 1. The fraction of sp³-hybridized carbons (Fsp3) is 0.571. The summed E-state index contributed by atoms with van der Waals surface area (Å²) >= 11 is 6.40. The zero-order valence-electron chi connectivity index (χ0n) is 16.7. The van der Waals surface area contributed by atoms with Crippen molar-refractivity contribution in [1.29, 1.82) is 0 Å². The normalized spacial score (nSPS) is 27.9. The smallest absolute Gasteiger partial charge is 0.108 e. The molecule has 2 atom stereocenters. The van der Waals surface area contributed by atoms with Gasteiger partial charge in [0, 0.05) is 45.8 Å². The molecular weight excluding hydrogens is 374 g/mol. The summed E-state index contributed by atoms with van der Waals surface area (Å²) < 4.78 is 0. The number of aryl methyl sites for hydroxylation is 1. The molecule has 28 heavy (non-hydrogen) atoms. The van der Waals surface area contributed by atoms with Crippen molar-refractivity contribution in [1.82, 2.24) is 24.9 Å². The summed E-state index contributed by atoms with van der Waals surface area (Å²) in [5, 5.41) is 19.9. The van der Waals surface area contributed by atoms with Crippen LogP contribution < -0.4 is 0 Å². The first kappa shape index (κ1) is 19.9. The van der Waals surface area contributed by atoms with Crippen LogP contribution in [0.25, 0.3) is 0 Å². The maximum atomic E-state index is 11.8. The van der Waals surface area contributed by atoms with Gasteiger partial charge < -0.3 is 10.0 Å². The van der Waals surface area contributed by atoms with E-state index >= 15 is 0 Å². The molecule has 2 aliphatic heterocycles. The quantitative estimate of drug-likeness (QED) is 0.818. The Labute approximate surface area is 172 Å². The van der Waals surface area contributed by atoms with Crippen molar-refractivity contribution >= 4 is 11.6 Å². The largest absolute Gasteiger partial charge is 0.383 e. The second-order valence-electron chi connectivity index (χ2n) is 8.24. The molecule has 0 saturated carbocycles. The van der Waals surface area contributed by atoms with Gasteiger partial charge in [-0.1, -0.05) is 41.9 Å². The summed E-state index contributed by atoms with van der Waals surface area (Å²) in [6.45, 7) is 8.29. The summed E-state index contributed by atoms with van der Waals surface area (Å²) in [4.78, 5) is 7.20. The van der Waals surface area contributed by atoms with Crippen molar-refractivity contribution in [3.63, 3.8) is 0 Å². The van der Waals surface area contributed by atoms with Crippen LogP contribution in [-0.2, 0) is 12.1 Å². The summed E-state index contributed by atoms with van der Waals surface area (Å²) in [5.41, 5.74) is 1.98. The van der Waals surface area contributed by atoms with E-state index in [0.717, 1.165) is 61.2 Å². The van der Waals surface area contributed by atoms with Gasteiger partial charge in [-0.25, -0.2) is 0 Å². The molecule has 152 valence electrons. The first-order valence-electron chi connectivity index (χ1n) is 10.1. The van der Waals surface area contributed by atoms with Crippen LogP contribution >= 0.6 is 11.6 Å². The van der Waals surface area contributed by atoms with Crippen LogP contribution in [0, 0.1) is 6.92 Å². The first-order valence-corrected chi connectivity index (χ1v) is 10.5. The Balaban J connectivity index is 1.57. The molecule has 0 radical (unpaired) electrons. The Morgan fingerprint density at radius 1 is 1.18 bits per heavy atom. The van der Waals surface area contributed by atoms with Gasteiger partial charge in [-0.2, -0.15) is 5.10 Å². The lowest BCUT2D eigenvalue weighted by molar-refractivity contribution is -0.108. The van der Waals surface area contributed by atoms with E-state index < -0.39 is 5.60 Å². The van der Waals surface area contributed by atoms with Gasteiger partial charge in [-0.15, -0.1) is 0 Å². The third-order valence-corrected chi connectivity index (χ3v) is 6.86. The monoisotopic (exact) mass is 403 g/mol. The molecule has 0 bridgehead atoms. The molecule has 3 heterocycles. The molecule has 2 fully saturated rings. The molecule has 2 N–H and O–H groups in total. The van der Waals surface area contributed by atoms with E-state index in [1.165, 1.54) is 0 Å². The van der Waals surface area contributed by atoms with Gasteiger partial charge >= 0.3 is 0 Å². The maximum Gasteiger partial charge on any atom is 0.108 e. The zero-order valence-corrected chi connectivity index (χ0v) is 17.5. The third-order valence-electron chi connectivity index (χ3n) is 6.36. The fourth-order valence-corrected chi connectivity index (χ4v) is 4.67. The van der Waals surface area contributed by atoms with Crippen molar-refractivity contribution in [3.8, 4) is 0 Å². The van der Waals surface area contributed by atoms with Crippen molar-refractivity contribution < 1.29 is 5.11 Å². The Morgan fingerprint density at radius 3 is 2.54 bits per heavy atom. The van der Waals surface area contributed by atoms with E-state index in [9.17, 15) is 5.11 Å². The number of piperazine rings is 1. The molecule has 0 aliphatic carbocycles. The summed E-state index contributed by atoms with van der Waals surface area (Å²) in [7, 11) is 2.16. The summed E-state index contributed by atoms with van der Waals surface area (Å²) in [6.07, 6.45) is 0.703. The van der Waals surface area contributed by atoms with Gasteiger partial charge in [0.2, 0.25) is 0 Å². The highest BCUT2D eigenvalue weighted by molar-refractivity contribution is 6.31. The topological polar surface area (TPSA) is 58.6 Å². The van der Waals surface area contributed by atoms with Crippen LogP contribution in [0.4, 0.5) is 0 Å². The highest BCUT2D eigenvalue weighted by atomic mass is 35.5. The molecule has 2 aliphatic rings. The molecule has 7 heteroatoms. The van der Waals surface area contributed by atoms with Gasteiger partial charge in [-0.3, -0.25) is 14.9 Å². The van der Waals surface area contributed by atoms with Crippen LogP contribution in [0.5, 0.6) is 0 Å². The molecule has 0 unspecified atom stereocenters. The lowest BCUT2D eigenvalue weighted by Crippen LogP contribution is -2.63. The number of hydrogen-bond donors (Lipinski definition) is 2. The minimum absolute atomic E-state index is 0.0520. The Morgan fingerprint density at radius 2 is 1.89 bits per heavy atom. The molecule has 6 nitrogen and oxygen atoms in total. The summed E-state index contributed by atoms with van der Waals surface area (Å²) in [6, 6.07) is 10.2. The van der Waals surface area contributed by atoms with Gasteiger partial charge in [-0.05, 0) is 26.0 Å². The van der Waals surface area contributed by atoms with Crippen LogP contribution in [-0.4, -0.2) is 82.4 Å². The Hall–Kier alpha value is -1.44. The van der Waals surface area contributed by atoms with E-state index in [4.69, 9.17) is 11.6 Å². The number of benzene rings is 1. The number of aromatic nitrogens is 2. The van der Waals surface area contributed by atoms with Gasteiger partial charge in [0.15, 0.2) is 0 Å². The van der Waals surface area contributed by atoms with Gasteiger partial charge in [0.05, 0.1) is 22.5 Å². The predicted molar refractivity (Wildman–Crippen MR) is 111 cm³/mol. The number of hydrogen-bond acceptors (Lipinski definition) is 5. The molecular formula is C21H30ClN5O. The minimum atomic E-state index is -0.834. The number of H-pyrrole nitrogens is 1. The molecule has 0 amide bonds. The van der Waals surface area contributed by atoms with E-state index in [-0.39, 0.29) is 6.04 Å². The number of likely N-dealkylation sites (N-methyl/N-ethyl adjacent to an activating group) is 1. The molecule has 2 aromatic rings. The van der Waals surface area contributed by atoms with Crippen LogP contribution in [0.3, 0.4) is 0 Å². The average Bonchev–Trinajstić information content (AvgIpc) is 3.03. The van der Waals surface area contributed by atoms with E-state index in [1.54, 1.807) is 0 Å². The Bertz CT molecular complexity index is 789. The first-order chi connectivity index (χ1) is 13.5. The van der Waals surface area contributed by atoms with Crippen LogP contribution in [0.15, 0.2) is 30.3 Å². The standard InChI is InChI=1S/C21H30ClN5O/c1-16-20(22)18(24-23-16)14-26-9-8-21(28,17-6-4-3-5-7-17)19(15-26)27-12-10-25(2)11-13-27/h3-7,19,28H,8-15H2,1-2H3,(H,23,24)/t19-,21+/m1/s1. The molecule has 2 saturated heterocycles. The number of nitrogens with zero attached hydrogens (tertiary/aromatic N) is 4. The Kier molecular flexibility index (Phi) is 5.76. The van der Waals surface area contributed by atoms with Crippen molar-refractivity contribution in [2.45, 2.75) is 31.5 Å². The number of halogens is 1. The second-order valence-corrected chi connectivity index (χ2v) is 8.62.